The summed E-state index contributed by atoms with van der Waals surface area (Å²) in [6.45, 7) is 8.09. The van der Waals surface area contributed by atoms with Crippen molar-refractivity contribution in [3.63, 3.8) is 0 Å². The average Bonchev–Trinajstić information content (AvgIpc) is 2.49. The van der Waals surface area contributed by atoms with Gasteiger partial charge in [0, 0.05) is 18.3 Å². The molecule has 3 nitrogen and oxygen atoms in total. The fourth-order valence-electron chi connectivity index (χ4n) is 2.07. The molecule has 0 aliphatic heterocycles. The summed E-state index contributed by atoms with van der Waals surface area (Å²) in [5.41, 5.74) is 3.56. The number of nitrogens with one attached hydrogen (secondary N) is 1. The number of hydrogen-bond donors (Lipinski definition) is 1. The van der Waals surface area contributed by atoms with Crippen LogP contribution in [0.3, 0.4) is 0 Å². The van der Waals surface area contributed by atoms with Gasteiger partial charge in [-0.1, -0.05) is 29.8 Å². The number of ether oxygens (including phenoxy) is 2. The zero-order valence-corrected chi connectivity index (χ0v) is 13.0. The molecule has 2 rings (SSSR count). The van der Waals surface area contributed by atoms with E-state index >= 15 is 0 Å². The molecule has 0 amide bonds. The van der Waals surface area contributed by atoms with Gasteiger partial charge in [0.1, 0.15) is 0 Å². The fraction of sp³-hybridized carbons (Fsp3) is 0.333. The molecule has 0 spiro atoms. The van der Waals surface area contributed by atoms with Crippen LogP contribution in [-0.2, 0) is 6.54 Å². The molecule has 3 heteroatoms. The molecule has 0 unspecified atom stereocenters. The van der Waals surface area contributed by atoms with Crippen molar-refractivity contribution in [3.8, 4) is 11.5 Å². The van der Waals surface area contributed by atoms with Crippen molar-refractivity contribution in [1.29, 1.82) is 0 Å². The van der Waals surface area contributed by atoms with Crippen molar-refractivity contribution >= 4 is 5.69 Å². The minimum atomic E-state index is 0.626. The van der Waals surface area contributed by atoms with E-state index < -0.39 is 0 Å². The van der Waals surface area contributed by atoms with Gasteiger partial charge in [-0.25, -0.2) is 0 Å². The predicted molar refractivity (Wildman–Crippen MR) is 87.3 cm³/mol. The summed E-state index contributed by atoms with van der Waals surface area (Å²) < 4.78 is 11.2. The second-order valence-electron chi connectivity index (χ2n) is 4.87. The van der Waals surface area contributed by atoms with Gasteiger partial charge < -0.3 is 14.8 Å². The van der Waals surface area contributed by atoms with E-state index in [-0.39, 0.29) is 0 Å². The van der Waals surface area contributed by atoms with E-state index in [0.29, 0.717) is 13.2 Å². The van der Waals surface area contributed by atoms with Crippen molar-refractivity contribution in [2.45, 2.75) is 27.3 Å². The topological polar surface area (TPSA) is 30.5 Å². The molecule has 0 heterocycles. The highest BCUT2D eigenvalue weighted by molar-refractivity contribution is 5.55. The number of aryl methyl sites for hydroxylation is 1. The van der Waals surface area contributed by atoms with E-state index in [4.69, 9.17) is 9.47 Å². The fourth-order valence-corrected chi connectivity index (χ4v) is 2.07. The molecule has 0 aromatic heterocycles. The third-order valence-corrected chi connectivity index (χ3v) is 3.16. The summed E-state index contributed by atoms with van der Waals surface area (Å²) in [7, 11) is 0. The maximum atomic E-state index is 5.63. The Balaban J connectivity index is 2.05. The van der Waals surface area contributed by atoms with E-state index in [1.165, 1.54) is 11.1 Å². The molecule has 0 atom stereocenters. The monoisotopic (exact) mass is 285 g/mol. The summed E-state index contributed by atoms with van der Waals surface area (Å²) in [6.07, 6.45) is 0. The quantitative estimate of drug-likeness (QED) is 0.817. The molecule has 0 aliphatic carbocycles. The summed E-state index contributed by atoms with van der Waals surface area (Å²) >= 11 is 0. The lowest BCUT2D eigenvalue weighted by Gasteiger charge is -2.13. The Bertz CT molecular complexity index is 564. The Morgan fingerprint density at radius 2 is 1.52 bits per heavy atom. The molecule has 2 aromatic rings. The Morgan fingerprint density at radius 3 is 2.19 bits per heavy atom. The highest BCUT2D eigenvalue weighted by Crippen LogP contribution is 2.30. The Kier molecular flexibility index (Phi) is 5.50. The lowest BCUT2D eigenvalue weighted by molar-refractivity contribution is 0.288. The molecule has 2 aromatic carbocycles. The summed E-state index contributed by atoms with van der Waals surface area (Å²) in [5.74, 6) is 1.58. The zero-order chi connectivity index (χ0) is 15.1. The van der Waals surface area contributed by atoms with Crippen molar-refractivity contribution in [2.24, 2.45) is 0 Å². The van der Waals surface area contributed by atoms with Gasteiger partial charge in [0.25, 0.3) is 0 Å². The minimum absolute atomic E-state index is 0.626. The van der Waals surface area contributed by atoms with E-state index in [1.807, 2.05) is 32.0 Å². The van der Waals surface area contributed by atoms with Crippen LogP contribution in [0, 0.1) is 6.92 Å². The molecular formula is C18H23NO2. The van der Waals surface area contributed by atoms with Crippen LogP contribution in [0.15, 0.2) is 42.5 Å². The number of anilines is 1. The lowest BCUT2D eigenvalue weighted by Crippen LogP contribution is -2.02. The van der Waals surface area contributed by atoms with Crippen LogP contribution < -0.4 is 14.8 Å². The van der Waals surface area contributed by atoms with Gasteiger partial charge >= 0.3 is 0 Å². The maximum Gasteiger partial charge on any atom is 0.163 e. The largest absolute Gasteiger partial charge is 0.490 e. The lowest BCUT2D eigenvalue weighted by atomic mass is 10.1. The molecule has 112 valence electrons. The van der Waals surface area contributed by atoms with Crippen molar-refractivity contribution in [3.05, 3.63) is 53.6 Å². The van der Waals surface area contributed by atoms with E-state index in [9.17, 15) is 0 Å². The number of hydrogen-bond acceptors (Lipinski definition) is 3. The van der Waals surface area contributed by atoms with Crippen LogP contribution in [0.4, 0.5) is 5.69 Å². The standard InChI is InChI=1S/C18H23NO2/c1-4-20-17-11-10-16(12-18(17)21-5-2)19-13-15-8-6-14(3)7-9-15/h6-12,19H,4-5,13H2,1-3H3. The normalized spacial score (nSPS) is 10.2. The molecule has 0 saturated carbocycles. The van der Waals surface area contributed by atoms with Gasteiger partial charge in [-0.3, -0.25) is 0 Å². The van der Waals surface area contributed by atoms with E-state index in [1.54, 1.807) is 0 Å². The van der Waals surface area contributed by atoms with Gasteiger partial charge in [-0.05, 0) is 38.5 Å². The second kappa shape index (κ2) is 7.58. The van der Waals surface area contributed by atoms with Gasteiger partial charge in [0.2, 0.25) is 0 Å². The first-order valence-corrected chi connectivity index (χ1v) is 7.42. The third-order valence-electron chi connectivity index (χ3n) is 3.16. The first-order valence-electron chi connectivity index (χ1n) is 7.42. The molecule has 0 saturated heterocycles. The highest BCUT2D eigenvalue weighted by atomic mass is 16.5. The Labute approximate surface area is 126 Å². The molecule has 0 fully saturated rings. The highest BCUT2D eigenvalue weighted by Gasteiger charge is 2.06. The Morgan fingerprint density at radius 1 is 0.857 bits per heavy atom. The Hall–Kier alpha value is -2.16. The first kappa shape index (κ1) is 15.2. The van der Waals surface area contributed by atoms with Gasteiger partial charge in [0.15, 0.2) is 11.5 Å². The number of rotatable bonds is 7. The molecule has 21 heavy (non-hydrogen) atoms. The summed E-state index contributed by atoms with van der Waals surface area (Å²) in [4.78, 5) is 0. The molecule has 0 radical (unpaired) electrons. The van der Waals surface area contributed by atoms with E-state index in [0.717, 1.165) is 23.7 Å². The predicted octanol–water partition coefficient (Wildman–Crippen LogP) is 4.40. The van der Waals surface area contributed by atoms with Gasteiger partial charge in [-0.2, -0.15) is 0 Å². The average molecular weight is 285 g/mol. The minimum Gasteiger partial charge on any atom is -0.490 e. The first-order chi connectivity index (χ1) is 10.2. The van der Waals surface area contributed by atoms with Gasteiger partial charge in [0.05, 0.1) is 13.2 Å². The second-order valence-corrected chi connectivity index (χ2v) is 4.87. The van der Waals surface area contributed by atoms with Crippen LogP contribution in [0.1, 0.15) is 25.0 Å². The van der Waals surface area contributed by atoms with E-state index in [2.05, 4.69) is 36.5 Å². The smallest absolute Gasteiger partial charge is 0.163 e. The van der Waals surface area contributed by atoms with Gasteiger partial charge in [-0.15, -0.1) is 0 Å². The van der Waals surface area contributed by atoms with Crippen LogP contribution in [0.2, 0.25) is 0 Å². The van der Waals surface area contributed by atoms with Crippen LogP contribution in [0.5, 0.6) is 11.5 Å². The number of benzene rings is 2. The maximum absolute atomic E-state index is 5.63. The van der Waals surface area contributed by atoms with Crippen LogP contribution in [0.25, 0.3) is 0 Å². The van der Waals surface area contributed by atoms with Crippen molar-refractivity contribution in [2.75, 3.05) is 18.5 Å². The SMILES string of the molecule is CCOc1ccc(NCc2ccc(C)cc2)cc1OCC. The molecular weight excluding hydrogens is 262 g/mol. The van der Waals surface area contributed by atoms with Crippen molar-refractivity contribution < 1.29 is 9.47 Å². The zero-order valence-electron chi connectivity index (χ0n) is 13.0. The van der Waals surface area contributed by atoms with Crippen molar-refractivity contribution in [1.82, 2.24) is 0 Å². The van der Waals surface area contributed by atoms with Crippen LogP contribution >= 0.6 is 0 Å². The third kappa shape index (κ3) is 4.42. The molecule has 0 bridgehead atoms. The molecule has 1 N–H and O–H groups in total. The summed E-state index contributed by atoms with van der Waals surface area (Å²) in [5, 5.41) is 3.41. The van der Waals surface area contributed by atoms with Crippen LogP contribution in [-0.4, -0.2) is 13.2 Å². The molecule has 0 aliphatic rings. The summed E-state index contributed by atoms with van der Waals surface area (Å²) in [6, 6.07) is 14.5.